The maximum Gasteiger partial charge on any atom is 0.312 e. The zero-order valence-electron chi connectivity index (χ0n) is 18.2. The van der Waals surface area contributed by atoms with E-state index in [-0.39, 0.29) is 17.0 Å². The van der Waals surface area contributed by atoms with Crippen LogP contribution in [-0.2, 0) is 9.53 Å². The third kappa shape index (κ3) is 5.77. The van der Waals surface area contributed by atoms with Crippen molar-refractivity contribution < 1.29 is 9.53 Å². The Morgan fingerprint density at radius 1 is 0.958 bits per heavy atom. The average Bonchev–Trinajstić information content (AvgIpc) is 2.45. The molecule has 1 rings (SSSR count). The summed E-state index contributed by atoms with van der Waals surface area (Å²) in [6.45, 7) is 21.3. The van der Waals surface area contributed by atoms with Gasteiger partial charge >= 0.3 is 5.97 Å². The third-order valence-electron chi connectivity index (χ3n) is 6.17. The Hall–Kier alpha value is -0.530. The van der Waals surface area contributed by atoms with E-state index in [0.29, 0.717) is 11.8 Å². The number of rotatable bonds is 4. The second-order valence-corrected chi connectivity index (χ2v) is 9.50. The number of carbonyl (C=O) groups is 1. The summed E-state index contributed by atoms with van der Waals surface area (Å²) < 4.78 is 6.09. The summed E-state index contributed by atoms with van der Waals surface area (Å²) in [6.07, 6.45) is 7.08. The van der Waals surface area contributed by atoms with Gasteiger partial charge in [-0.2, -0.15) is 0 Å². The first kappa shape index (κ1) is 23.5. The molecule has 0 spiro atoms. The fraction of sp³-hybridized carbons (Fsp3) is 0.955. The van der Waals surface area contributed by atoms with Crippen LogP contribution in [0.1, 0.15) is 108 Å². The van der Waals surface area contributed by atoms with Crippen molar-refractivity contribution >= 4 is 5.97 Å². The molecule has 0 N–H and O–H groups in total. The quantitative estimate of drug-likeness (QED) is 0.514. The van der Waals surface area contributed by atoms with Gasteiger partial charge in [0.25, 0.3) is 0 Å². The molecule has 0 aliphatic heterocycles. The fourth-order valence-electron chi connectivity index (χ4n) is 3.76. The van der Waals surface area contributed by atoms with Crippen LogP contribution in [0, 0.1) is 22.7 Å². The minimum Gasteiger partial charge on any atom is -0.459 e. The van der Waals surface area contributed by atoms with Gasteiger partial charge in [-0.1, -0.05) is 74.1 Å². The molecule has 144 valence electrons. The maximum absolute atomic E-state index is 12.9. The van der Waals surface area contributed by atoms with Crippen molar-refractivity contribution in [2.75, 3.05) is 0 Å². The highest BCUT2D eigenvalue weighted by molar-refractivity contribution is 5.77. The molecule has 1 fully saturated rings. The first-order chi connectivity index (χ1) is 10.9. The molecule has 0 saturated heterocycles. The number of ether oxygens (including phenoxy) is 1. The molecule has 0 amide bonds. The van der Waals surface area contributed by atoms with Gasteiger partial charge in [0.1, 0.15) is 5.60 Å². The second kappa shape index (κ2) is 9.25. The highest BCUT2D eigenvalue weighted by atomic mass is 16.6. The van der Waals surface area contributed by atoms with Crippen LogP contribution in [0.5, 0.6) is 0 Å². The maximum atomic E-state index is 12.9. The highest BCUT2D eigenvalue weighted by Crippen LogP contribution is 2.45. The summed E-state index contributed by atoms with van der Waals surface area (Å²) in [4.78, 5) is 12.9. The van der Waals surface area contributed by atoms with Crippen molar-refractivity contribution in [3.63, 3.8) is 0 Å². The Morgan fingerprint density at radius 2 is 1.42 bits per heavy atom. The van der Waals surface area contributed by atoms with Gasteiger partial charge in [-0.05, 0) is 44.9 Å². The second-order valence-electron chi connectivity index (χ2n) is 9.50. The lowest BCUT2D eigenvalue weighted by Gasteiger charge is -2.45. The van der Waals surface area contributed by atoms with Crippen LogP contribution in [0.3, 0.4) is 0 Å². The van der Waals surface area contributed by atoms with Gasteiger partial charge in [-0.15, -0.1) is 0 Å². The fourth-order valence-corrected chi connectivity index (χ4v) is 3.76. The van der Waals surface area contributed by atoms with Gasteiger partial charge in [-0.3, -0.25) is 4.79 Å². The van der Waals surface area contributed by atoms with Gasteiger partial charge in [0.05, 0.1) is 5.41 Å². The molecule has 24 heavy (non-hydrogen) atoms. The molecule has 1 aliphatic carbocycles. The Kier molecular flexibility index (Phi) is 9.04. The van der Waals surface area contributed by atoms with Crippen LogP contribution >= 0.6 is 0 Å². The van der Waals surface area contributed by atoms with Crippen molar-refractivity contribution in [1.82, 2.24) is 0 Å². The average molecular weight is 341 g/mol. The lowest BCUT2D eigenvalue weighted by Crippen LogP contribution is -2.48. The summed E-state index contributed by atoms with van der Waals surface area (Å²) in [5.74, 6) is 1.10. The van der Waals surface area contributed by atoms with Gasteiger partial charge in [0.15, 0.2) is 0 Å². The first-order valence-corrected chi connectivity index (χ1v) is 10.1. The van der Waals surface area contributed by atoms with Crippen LogP contribution in [-0.4, -0.2) is 11.6 Å². The number of esters is 1. The number of hydrogen-bond acceptors (Lipinski definition) is 2. The van der Waals surface area contributed by atoms with E-state index in [1.807, 2.05) is 0 Å². The van der Waals surface area contributed by atoms with Gasteiger partial charge < -0.3 is 4.74 Å². The van der Waals surface area contributed by atoms with Crippen LogP contribution in [0.2, 0.25) is 0 Å². The molecule has 1 aliphatic rings. The van der Waals surface area contributed by atoms with Crippen molar-refractivity contribution in [3.05, 3.63) is 0 Å². The Bertz CT molecular complexity index is 378. The largest absolute Gasteiger partial charge is 0.459 e. The molecule has 3 atom stereocenters. The normalized spacial score (nSPS) is 24.4. The molecular formula is C22H44O2. The predicted molar refractivity (Wildman–Crippen MR) is 105 cm³/mol. The van der Waals surface area contributed by atoms with Crippen molar-refractivity contribution in [3.8, 4) is 0 Å². The predicted octanol–water partition coefficient (Wildman–Crippen LogP) is 7.01. The highest BCUT2D eigenvalue weighted by Gasteiger charge is 2.47. The monoisotopic (exact) mass is 340 g/mol. The van der Waals surface area contributed by atoms with Crippen LogP contribution in [0.25, 0.3) is 0 Å². The minimum atomic E-state index is -0.428. The molecule has 2 nitrogen and oxygen atoms in total. The topological polar surface area (TPSA) is 26.3 Å². The molecule has 0 aromatic carbocycles. The van der Waals surface area contributed by atoms with E-state index in [0.717, 1.165) is 6.42 Å². The van der Waals surface area contributed by atoms with Gasteiger partial charge in [0.2, 0.25) is 0 Å². The van der Waals surface area contributed by atoms with E-state index in [9.17, 15) is 4.79 Å². The van der Waals surface area contributed by atoms with E-state index in [2.05, 4.69) is 69.2 Å². The summed E-state index contributed by atoms with van der Waals surface area (Å²) >= 11 is 0. The van der Waals surface area contributed by atoms with Gasteiger partial charge in [0, 0.05) is 5.92 Å². The molecule has 0 heterocycles. The summed E-state index contributed by atoms with van der Waals surface area (Å²) in [7, 11) is 0. The molecule has 0 aromatic heterocycles. The van der Waals surface area contributed by atoms with Crippen LogP contribution < -0.4 is 0 Å². The summed E-state index contributed by atoms with van der Waals surface area (Å²) in [5, 5.41) is 0. The molecule has 0 bridgehead atoms. The molecule has 3 unspecified atom stereocenters. The lowest BCUT2D eigenvalue weighted by atomic mass is 9.66. The van der Waals surface area contributed by atoms with Crippen LogP contribution in [0.4, 0.5) is 0 Å². The van der Waals surface area contributed by atoms with E-state index in [1.54, 1.807) is 0 Å². The van der Waals surface area contributed by atoms with E-state index in [4.69, 9.17) is 4.74 Å². The molecule has 2 heteroatoms. The zero-order chi connectivity index (χ0) is 19.2. The minimum absolute atomic E-state index is 0.0275. The third-order valence-corrected chi connectivity index (χ3v) is 6.17. The molecule has 0 radical (unpaired) electrons. The SMILES string of the molecule is CCC.CCC(C)(C(=O)OC(C)(C)C1CCCCC1C)C(C)(C)C. The summed E-state index contributed by atoms with van der Waals surface area (Å²) in [6, 6.07) is 0. The standard InChI is InChI=1S/C19H36O2.C3H8/c1-9-19(8,17(3,4)5)16(20)21-18(6,7)15-13-11-10-12-14(15)2;1-3-2/h14-15H,9-13H2,1-8H3;3H2,1-2H3. The molecule has 1 saturated carbocycles. The Morgan fingerprint density at radius 3 is 1.79 bits per heavy atom. The smallest absolute Gasteiger partial charge is 0.312 e. The van der Waals surface area contributed by atoms with E-state index < -0.39 is 5.41 Å². The molecular weight excluding hydrogens is 296 g/mol. The summed E-state index contributed by atoms with van der Waals surface area (Å²) in [5.41, 5.74) is -0.881. The van der Waals surface area contributed by atoms with Crippen molar-refractivity contribution in [2.45, 2.75) is 113 Å². The zero-order valence-corrected chi connectivity index (χ0v) is 18.2. The lowest BCUT2D eigenvalue weighted by molar-refractivity contribution is -0.184. The van der Waals surface area contributed by atoms with Gasteiger partial charge in [-0.25, -0.2) is 0 Å². The van der Waals surface area contributed by atoms with Crippen molar-refractivity contribution in [2.24, 2.45) is 22.7 Å². The molecule has 0 aromatic rings. The van der Waals surface area contributed by atoms with Crippen molar-refractivity contribution in [1.29, 1.82) is 0 Å². The van der Waals surface area contributed by atoms with E-state index in [1.165, 1.54) is 32.1 Å². The van der Waals surface area contributed by atoms with Crippen LogP contribution in [0.15, 0.2) is 0 Å². The number of hydrogen-bond donors (Lipinski definition) is 0. The first-order valence-electron chi connectivity index (χ1n) is 10.1. The Balaban J connectivity index is 0.00000163. The van der Waals surface area contributed by atoms with E-state index >= 15 is 0 Å². The Labute approximate surface area is 152 Å². The number of carbonyl (C=O) groups excluding carboxylic acids is 1.